The molecule has 1 amide bonds. The fourth-order valence-electron chi connectivity index (χ4n) is 4.16. The second kappa shape index (κ2) is 8.68. The Hall–Kier alpha value is -1.59. The zero-order valence-corrected chi connectivity index (χ0v) is 14.9. The zero-order chi connectivity index (χ0) is 17.6. The van der Waals surface area contributed by atoms with Crippen LogP contribution in [0.2, 0.25) is 0 Å². The number of likely N-dealkylation sites (tertiary alicyclic amines) is 1. The van der Waals surface area contributed by atoms with E-state index < -0.39 is 0 Å². The van der Waals surface area contributed by atoms with Crippen molar-refractivity contribution in [3.63, 3.8) is 0 Å². The molecule has 0 spiro atoms. The second-order valence-corrected chi connectivity index (χ2v) is 7.43. The highest BCUT2D eigenvalue weighted by Gasteiger charge is 2.31. The molecule has 1 saturated heterocycles. The Morgan fingerprint density at radius 3 is 2.56 bits per heavy atom. The average Bonchev–Trinajstić information content (AvgIpc) is 2.62. The van der Waals surface area contributed by atoms with Crippen molar-refractivity contribution in [2.24, 2.45) is 0 Å². The Labute approximate surface area is 150 Å². The largest absolute Gasteiger partial charge is 0.508 e. The van der Waals surface area contributed by atoms with Crippen LogP contribution in [-0.2, 0) is 11.2 Å². The summed E-state index contributed by atoms with van der Waals surface area (Å²) in [5.74, 6) is 0.314. The standard InChI is InChI=1S/C20H30N2O3/c23-18-7-3-1-5-15(18)9-10-20(25)21-16-11-13-22(14-12-16)17-6-2-4-8-19(17)24/h1,3,5,7,16-17,19,23-24H,2,4,6,8-14H2,(H,21,25). The molecule has 5 heteroatoms. The van der Waals surface area contributed by atoms with Crippen molar-refractivity contribution < 1.29 is 15.0 Å². The molecule has 2 aliphatic rings. The number of piperidine rings is 1. The number of carbonyl (C=O) groups excluding carboxylic acids is 1. The van der Waals surface area contributed by atoms with Gasteiger partial charge in [0.2, 0.25) is 5.91 Å². The van der Waals surface area contributed by atoms with Crippen LogP contribution in [0.5, 0.6) is 5.75 Å². The number of aryl methyl sites for hydroxylation is 1. The van der Waals surface area contributed by atoms with E-state index in [9.17, 15) is 15.0 Å². The third kappa shape index (κ3) is 4.95. The molecule has 1 aromatic rings. The molecular weight excluding hydrogens is 316 g/mol. The van der Waals surface area contributed by atoms with E-state index in [1.54, 1.807) is 12.1 Å². The SMILES string of the molecule is O=C(CCc1ccccc1O)NC1CCN(C2CCCCC2O)CC1. The molecule has 1 aliphatic carbocycles. The van der Waals surface area contributed by atoms with E-state index in [2.05, 4.69) is 10.2 Å². The summed E-state index contributed by atoms with van der Waals surface area (Å²) in [5.41, 5.74) is 0.818. The van der Waals surface area contributed by atoms with E-state index in [4.69, 9.17) is 0 Å². The van der Waals surface area contributed by atoms with Crippen LogP contribution in [0.1, 0.15) is 50.5 Å². The van der Waals surface area contributed by atoms with Crippen LogP contribution >= 0.6 is 0 Å². The maximum atomic E-state index is 12.2. The van der Waals surface area contributed by atoms with Gasteiger partial charge in [-0.15, -0.1) is 0 Å². The number of benzene rings is 1. The monoisotopic (exact) mass is 346 g/mol. The maximum absolute atomic E-state index is 12.2. The fourth-order valence-corrected chi connectivity index (χ4v) is 4.16. The topological polar surface area (TPSA) is 72.8 Å². The summed E-state index contributed by atoms with van der Waals surface area (Å²) in [5, 5.41) is 23.1. The Morgan fingerprint density at radius 2 is 1.84 bits per heavy atom. The van der Waals surface area contributed by atoms with Crippen molar-refractivity contribution >= 4 is 5.91 Å². The van der Waals surface area contributed by atoms with Gasteiger partial charge in [0.25, 0.3) is 0 Å². The molecule has 2 unspecified atom stereocenters. The molecule has 5 nitrogen and oxygen atoms in total. The van der Waals surface area contributed by atoms with Gasteiger partial charge >= 0.3 is 0 Å². The summed E-state index contributed by atoms with van der Waals surface area (Å²) < 4.78 is 0. The lowest BCUT2D eigenvalue weighted by atomic mass is 9.89. The average molecular weight is 346 g/mol. The van der Waals surface area contributed by atoms with Gasteiger partial charge in [-0.3, -0.25) is 9.69 Å². The molecule has 0 radical (unpaired) electrons. The molecule has 25 heavy (non-hydrogen) atoms. The third-order valence-corrected chi connectivity index (χ3v) is 5.67. The number of aliphatic hydroxyl groups excluding tert-OH is 1. The number of aliphatic hydroxyl groups is 1. The number of hydrogen-bond acceptors (Lipinski definition) is 4. The van der Waals surface area contributed by atoms with Gasteiger partial charge in [-0.2, -0.15) is 0 Å². The number of carbonyl (C=O) groups is 1. The molecule has 0 bridgehead atoms. The maximum Gasteiger partial charge on any atom is 0.220 e. The van der Waals surface area contributed by atoms with Crippen molar-refractivity contribution in [1.29, 1.82) is 0 Å². The fraction of sp³-hybridized carbons (Fsp3) is 0.650. The summed E-state index contributed by atoms with van der Waals surface area (Å²) in [6, 6.07) is 7.72. The molecule has 3 N–H and O–H groups in total. The predicted molar refractivity (Wildman–Crippen MR) is 97.4 cm³/mol. The van der Waals surface area contributed by atoms with Crippen LogP contribution in [0.25, 0.3) is 0 Å². The van der Waals surface area contributed by atoms with Gasteiger partial charge in [-0.1, -0.05) is 31.0 Å². The van der Waals surface area contributed by atoms with Crippen molar-refractivity contribution in [2.75, 3.05) is 13.1 Å². The van der Waals surface area contributed by atoms with Crippen molar-refractivity contribution in [2.45, 2.75) is 69.6 Å². The Balaban J connectivity index is 1.39. The zero-order valence-electron chi connectivity index (χ0n) is 14.9. The molecule has 138 valence electrons. The molecule has 3 rings (SSSR count). The number of nitrogens with zero attached hydrogens (tertiary/aromatic N) is 1. The van der Waals surface area contributed by atoms with Gasteiger partial charge in [-0.05, 0) is 43.7 Å². The van der Waals surface area contributed by atoms with Crippen LogP contribution in [0.15, 0.2) is 24.3 Å². The van der Waals surface area contributed by atoms with Gasteiger partial charge in [-0.25, -0.2) is 0 Å². The number of rotatable bonds is 5. The van der Waals surface area contributed by atoms with E-state index >= 15 is 0 Å². The second-order valence-electron chi connectivity index (χ2n) is 7.43. The number of aromatic hydroxyl groups is 1. The van der Waals surface area contributed by atoms with Crippen LogP contribution in [0.4, 0.5) is 0 Å². The number of phenols is 1. The minimum atomic E-state index is -0.182. The highest BCUT2D eigenvalue weighted by Crippen LogP contribution is 2.26. The molecule has 0 aromatic heterocycles. The van der Waals surface area contributed by atoms with Gasteiger partial charge in [0.15, 0.2) is 0 Å². The molecule has 2 atom stereocenters. The molecule has 1 saturated carbocycles. The number of amides is 1. The normalized spacial score (nSPS) is 25.6. The molecule has 1 aliphatic heterocycles. The number of para-hydroxylation sites is 1. The van der Waals surface area contributed by atoms with Crippen molar-refractivity contribution in [1.82, 2.24) is 10.2 Å². The van der Waals surface area contributed by atoms with E-state index in [-0.39, 0.29) is 23.8 Å². The molecule has 2 fully saturated rings. The van der Waals surface area contributed by atoms with Crippen LogP contribution < -0.4 is 5.32 Å². The number of phenolic OH excluding ortho intramolecular Hbond substituents is 1. The quantitative estimate of drug-likeness (QED) is 0.764. The summed E-state index contributed by atoms with van der Waals surface area (Å²) in [6.45, 7) is 1.90. The summed E-state index contributed by atoms with van der Waals surface area (Å²) >= 11 is 0. The van der Waals surface area contributed by atoms with Gasteiger partial charge in [0, 0.05) is 31.6 Å². The number of hydrogen-bond donors (Lipinski definition) is 3. The van der Waals surface area contributed by atoms with Gasteiger partial charge < -0.3 is 15.5 Å². The summed E-state index contributed by atoms with van der Waals surface area (Å²) in [6.07, 6.45) is 7.05. The first-order valence-electron chi connectivity index (χ1n) is 9.62. The molecule has 1 aromatic carbocycles. The highest BCUT2D eigenvalue weighted by atomic mass is 16.3. The minimum Gasteiger partial charge on any atom is -0.508 e. The van der Waals surface area contributed by atoms with Crippen LogP contribution in [0.3, 0.4) is 0 Å². The first-order chi connectivity index (χ1) is 12.1. The first-order valence-corrected chi connectivity index (χ1v) is 9.62. The lowest BCUT2D eigenvalue weighted by molar-refractivity contribution is -0.122. The van der Waals surface area contributed by atoms with Crippen LogP contribution in [0, 0.1) is 0 Å². The van der Waals surface area contributed by atoms with E-state index in [0.29, 0.717) is 18.9 Å². The lowest BCUT2D eigenvalue weighted by Gasteiger charge is -2.41. The Morgan fingerprint density at radius 1 is 1.12 bits per heavy atom. The van der Waals surface area contributed by atoms with E-state index in [1.165, 1.54) is 6.42 Å². The Kier molecular flexibility index (Phi) is 6.32. The number of nitrogens with one attached hydrogen (secondary N) is 1. The third-order valence-electron chi connectivity index (χ3n) is 5.67. The molecular formula is C20H30N2O3. The summed E-state index contributed by atoms with van der Waals surface area (Å²) in [7, 11) is 0. The smallest absolute Gasteiger partial charge is 0.220 e. The highest BCUT2D eigenvalue weighted by molar-refractivity contribution is 5.76. The van der Waals surface area contributed by atoms with Gasteiger partial charge in [0.1, 0.15) is 5.75 Å². The predicted octanol–water partition coefficient (Wildman–Crippen LogP) is 2.21. The van der Waals surface area contributed by atoms with Crippen molar-refractivity contribution in [3.05, 3.63) is 29.8 Å². The van der Waals surface area contributed by atoms with Gasteiger partial charge in [0.05, 0.1) is 6.10 Å². The van der Waals surface area contributed by atoms with E-state index in [1.807, 2.05) is 12.1 Å². The molecule has 1 heterocycles. The summed E-state index contributed by atoms with van der Waals surface area (Å²) in [4.78, 5) is 14.6. The van der Waals surface area contributed by atoms with Crippen molar-refractivity contribution in [3.8, 4) is 5.75 Å². The minimum absolute atomic E-state index is 0.0550. The lowest BCUT2D eigenvalue weighted by Crippen LogP contribution is -2.52. The Bertz CT molecular complexity index is 570. The van der Waals surface area contributed by atoms with Crippen LogP contribution in [-0.4, -0.2) is 52.3 Å². The first kappa shape index (κ1) is 18.2. The van der Waals surface area contributed by atoms with E-state index in [0.717, 1.165) is 50.8 Å².